The van der Waals surface area contributed by atoms with Gasteiger partial charge in [-0.1, -0.05) is 34.6 Å². The van der Waals surface area contributed by atoms with Gasteiger partial charge in [-0.05, 0) is 105 Å². The van der Waals surface area contributed by atoms with Crippen LogP contribution in [-0.2, 0) is 18.9 Å². The molecule has 12 unspecified atom stereocenters. The van der Waals surface area contributed by atoms with Crippen LogP contribution in [0, 0.1) is 50.7 Å². The third-order valence-corrected chi connectivity index (χ3v) is 15.9. The lowest BCUT2D eigenvalue weighted by molar-refractivity contribution is -0.303. The Morgan fingerprint density at radius 1 is 0.841 bits per heavy atom. The lowest BCUT2D eigenvalue weighted by atomic mass is 9.41. The van der Waals surface area contributed by atoms with Crippen LogP contribution in [0.15, 0.2) is 0 Å². The molecule has 17 atom stereocenters. The second-order valence-electron chi connectivity index (χ2n) is 18.3. The predicted octanol–water partition coefficient (Wildman–Crippen LogP) is 3.12. The Morgan fingerprint density at radius 2 is 1.52 bits per heavy atom. The molecule has 3 spiro atoms. The first kappa shape index (κ1) is 30.9. The van der Waals surface area contributed by atoms with Crippen molar-refractivity contribution in [3.8, 4) is 0 Å². The maximum atomic E-state index is 12.7. The van der Waals surface area contributed by atoms with Gasteiger partial charge in [0, 0.05) is 11.3 Å². The van der Waals surface area contributed by atoms with E-state index in [0.29, 0.717) is 17.8 Å². The summed E-state index contributed by atoms with van der Waals surface area (Å²) < 4.78 is 25.8. The molecule has 8 rings (SSSR count). The summed E-state index contributed by atoms with van der Waals surface area (Å²) in [5, 5.41) is 54.5. The number of ether oxygens (including phenoxy) is 4. The Kier molecular flexibility index (Phi) is 6.33. The number of hydrogen-bond acceptors (Lipinski definition) is 9. The molecule has 0 radical (unpaired) electrons. The van der Waals surface area contributed by atoms with Gasteiger partial charge in [0.05, 0.1) is 24.4 Å². The molecule has 3 saturated heterocycles. The highest BCUT2D eigenvalue weighted by atomic mass is 16.8. The van der Waals surface area contributed by atoms with Gasteiger partial charge < -0.3 is 44.5 Å². The molecule has 0 aromatic rings. The summed E-state index contributed by atoms with van der Waals surface area (Å²) in [5.74, 6) is 0.108. The SMILES string of the molecule is CC1CC2O[C@@]3(OC2C(C)(C)O)C(O)[C@@]2(C)C4CCC5C(C)(C)C(OC6OCC(O)C(O)C6O)CC[C@@]56C[C@@]46CC[C@]2(C)C13. The van der Waals surface area contributed by atoms with Crippen molar-refractivity contribution in [2.75, 3.05) is 6.61 Å². The van der Waals surface area contributed by atoms with Crippen molar-refractivity contribution in [1.82, 2.24) is 0 Å². The third-order valence-electron chi connectivity index (χ3n) is 15.9. The maximum Gasteiger partial charge on any atom is 0.199 e. The Morgan fingerprint density at radius 3 is 2.23 bits per heavy atom. The highest BCUT2D eigenvalue weighted by Crippen LogP contribution is 2.90. The van der Waals surface area contributed by atoms with E-state index in [1.165, 1.54) is 6.42 Å². The van der Waals surface area contributed by atoms with Gasteiger partial charge in [0.2, 0.25) is 0 Å². The van der Waals surface area contributed by atoms with Gasteiger partial charge in [-0.2, -0.15) is 0 Å². The van der Waals surface area contributed by atoms with Crippen LogP contribution in [0.25, 0.3) is 0 Å². The fraction of sp³-hybridized carbons (Fsp3) is 1.00. The zero-order valence-electron chi connectivity index (χ0n) is 27.7. The van der Waals surface area contributed by atoms with Crippen LogP contribution in [0.3, 0.4) is 0 Å². The molecule has 5 N–H and O–H groups in total. The summed E-state index contributed by atoms with van der Waals surface area (Å²) in [5.41, 5.74) is -1.39. The second-order valence-corrected chi connectivity index (χ2v) is 18.3. The molecule has 0 amide bonds. The number of fused-ring (bicyclic) bond motifs is 4. The summed E-state index contributed by atoms with van der Waals surface area (Å²) in [4.78, 5) is 0. The van der Waals surface area contributed by atoms with E-state index in [9.17, 15) is 25.5 Å². The van der Waals surface area contributed by atoms with Crippen LogP contribution >= 0.6 is 0 Å². The van der Waals surface area contributed by atoms with Crippen molar-refractivity contribution in [1.29, 1.82) is 0 Å². The molecule has 3 heterocycles. The van der Waals surface area contributed by atoms with Gasteiger partial charge >= 0.3 is 0 Å². The second kappa shape index (κ2) is 9.00. The van der Waals surface area contributed by atoms with E-state index in [1.54, 1.807) is 13.8 Å². The maximum absolute atomic E-state index is 12.7. The van der Waals surface area contributed by atoms with E-state index in [2.05, 4.69) is 34.6 Å². The van der Waals surface area contributed by atoms with Crippen LogP contribution in [0.1, 0.15) is 99.8 Å². The minimum atomic E-state index is -1.28. The predicted molar refractivity (Wildman–Crippen MR) is 159 cm³/mol. The largest absolute Gasteiger partial charge is 0.388 e. The molecule has 5 aliphatic carbocycles. The zero-order chi connectivity index (χ0) is 31.6. The summed E-state index contributed by atoms with van der Waals surface area (Å²) in [6, 6.07) is 0. The van der Waals surface area contributed by atoms with Crippen LogP contribution in [0.5, 0.6) is 0 Å². The molecule has 3 aliphatic heterocycles. The molecule has 8 fully saturated rings. The first-order valence-electron chi connectivity index (χ1n) is 17.5. The van der Waals surface area contributed by atoms with Crippen molar-refractivity contribution in [2.45, 2.75) is 160 Å². The van der Waals surface area contributed by atoms with E-state index in [1.807, 2.05) is 0 Å². The highest BCUT2D eigenvalue weighted by molar-refractivity contribution is 5.34. The van der Waals surface area contributed by atoms with E-state index >= 15 is 0 Å². The molecule has 2 bridgehead atoms. The molecule has 9 heteroatoms. The quantitative estimate of drug-likeness (QED) is 0.301. The van der Waals surface area contributed by atoms with Crippen molar-refractivity contribution >= 4 is 0 Å². The molecule has 8 aliphatic rings. The average Bonchev–Trinajstić information content (AvgIpc) is 3.45. The van der Waals surface area contributed by atoms with Crippen molar-refractivity contribution in [2.24, 2.45) is 50.7 Å². The Balaban J connectivity index is 1.10. The third kappa shape index (κ3) is 3.38. The fourth-order valence-electron chi connectivity index (χ4n) is 14.0. The molecular weight excluding hydrogens is 564 g/mol. The topological polar surface area (TPSA) is 138 Å². The number of hydrogen-bond donors (Lipinski definition) is 5. The Bertz CT molecular complexity index is 1200. The molecule has 0 aromatic carbocycles. The van der Waals surface area contributed by atoms with Gasteiger partial charge in [0.1, 0.15) is 30.5 Å². The Hall–Kier alpha value is -0.360. The van der Waals surface area contributed by atoms with Crippen molar-refractivity contribution in [3.05, 3.63) is 0 Å². The van der Waals surface area contributed by atoms with E-state index in [4.69, 9.17) is 18.9 Å². The average molecular weight is 621 g/mol. The molecule has 250 valence electrons. The van der Waals surface area contributed by atoms with Crippen molar-refractivity contribution < 1.29 is 44.5 Å². The molecule has 44 heavy (non-hydrogen) atoms. The first-order chi connectivity index (χ1) is 20.4. The summed E-state index contributed by atoms with van der Waals surface area (Å²) in [6.07, 6.45) is 2.00. The summed E-state index contributed by atoms with van der Waals surface area (Å²) in [7, 11) is 0. The monoisotopic (exact) mass is 620 g/mol. The first-order valence-corrected chi connectivity index (χ1v) is 17.5. The summed E-state index contributed by atoms with van der Waals surface area (Å²) in [6.45, 7) is 15.2. The fourth-order valence-corrected chi connectivity index (χ4v) is 14.0. The highest BCUT2D eigenvalue weighted by Gasteiger charge is 2.88. The van der Waals surface area contributed by atoms with Crippen LogP contribution in [0.2, 0.25) is 0 Å². The van der Waals surface area contributed by atoms with Gasteiger partial charge in [0.25, 0.3) is 0 Å². The van der Waals surface area contributed by atoms with Crippen LogP contribution in [0.4, 0.5) is 0 Å². The Labute approximate surface area is 262 Å². The minimum absolute atomic E-state index is 0.0559. The number of rotatable bonds is 3. The molecule has 9 nitrogen and oxygen atoms in total. The van der Waals surface area contributed by atoms with Gasteiger partial charge in [0.15, 0.2) is 12.1 Å². The standard InChI is InChI=1S/C35H56O9/c1-17-14-19-26(30(4,5)40)44-35(43-19)25(17)31(6)12-13-34-16-33(34)11-10-22(42-27-24(38)23(37)18(36)15-41-27)29(2,3)20(33)8-9-21(34)32(31,7)28(35)39/h17-28,36-40H,8-16H2,1-7H3/t17?,18?,19?,20?,21?,22?,23?,24?,25?,26?,27?,28?,31-,32-,33-,34+,35+/m1/s1. The molecule has 5 saturated carbocycles. The smallest absolute Gasteiger partial charge is 0.199 e. The molecule has 0 aromatic heterocycles. The van der Waals surface area contributed by atoms with Crippen LogP contribution < -0.4 is 0 Å². The van der Waals surface area contributed by atoms with E-state index in [0.717, 1.165) is 44.9 Å². The van der Waals surface area contributed by atoms with E-state index < -0.39 is 48.2 Å². The minimum Gasteiger partial charge on any atom is -0.388 e. The lowest BCUT2D eigenvalue weighted by Crippen LogP contribution is -2.61. The number of aliphatic hydroxyl groups is 5. The van der Waals surface area contributed by atoms with Gasteiger partial charge in [-0.25, -0.2) is 0 Å². The van der Waals surface area contributed by atoms with Crippen LogP contribution in [-0.4, -0.2) is 92.5 Å². The van der Waals surface area contributed by atoms with Gasteiger partial charge in [-0.15, -0.1) is 0 Å². The normalized spacial score (nSPS) is 62.2. The molecular formula is C35H56O9. The number of aliphatic hydroxyl groups excluding tert-OH is 4. The summed E-state index contributed by atoms with van der Waals surface area (Å²) >= 11 is 0. The van der Waals surface area contributed by atoms with E-state index in [-0.39, 0.29) is 51.8 Å². The zero-order valence-corrected chi connectivity index (χ0v) is 27.7. The van der Waals surface area contributed by atoms with Crippen molar-refractivity contribution in [3.63, 3.8) is 0 Å². The lowest BCUT2D eigenvalue weighted by Gasteiger charge is -2.63. The van der Waals surface area contributed by atoms with Gasteiger partial charge in [-0.3, -0.25) is 0 Å².